The van der Waals surface area contributed by atoms with Crippen molar-refractivity contribution in [2.45, 2.75) is 18.8 Å². The van der Waals surface area contributed by atoms with Crippen molar-refractivity contribution in [3.05, 3.63) is 35.1 Å². The number of aromatic nitrogens is 4. The minimum Gasteiger partial charge on any atom is -0.317 e. The minimum absolute atomic E-state index is 0.405. The fraction of sp³-hybridized carbons (Fsp3) is 0.417. The summed E-state index contributed by atoms with van der Waals surface area (Å²) in [4.78, 5) is 1.51. The van der Waals surface area contributed by atoms with Gasteiger partial charge < -0.3 is 5.32 Å². The Balaban J connectivity index is 1.87. The summed E-state index contributed by atoms with van der Waals surface area (Å²) in [6.45, 7) is 2.04. The van der Waals surface area contributed by atoms with Crippen LogP contribution in [-0.4, -0.2) is 33.3 Å². The summed E-state index contributed by atoms with van der Waals surface area (Å²) < 4.78 is 0. The molecule has 1 aliphatic rings. The van der Waals surface area contributed by atoms with Gasteiger partial charge in [0.15, 0.2) is 5.82 Å². The Hall–Kier alpha value is -1.46. The molecule has 0 atom stereocenters. The second-order valence-corrected chi connectivity index (χ2v) is 4.82. The number of nitrogens with one attached hydrogen (secondary N) is 1. The van der Waals surface area contributed by atoms with Crippen LogP contribution in [0.4, 0.5) is 0 Å². The van der Waals surface area contributed by atoms with E-state index in [9.17, 15) is 0 Å². The van der Waals surface area contributed by atoms with Crippen LogP contribution < -0.4 is 5.32 Å². The molecular weight excluding hydrogens is 250 g/mol. The van der Waals surface area contributed by atoms with Crippen LogP contribution in [0.3, 0.4) is 0 Å². The van der Waals surface area contributed by atoms with Crippen LogP contribution in [0.5, 0.6) is 0 Å². The third kappa shape index (κ3) is 2.23. The standard InChI is InChI=1S/C12H14ClN5/c13-10-3-1-2-4-11(10)18-16-12(15-17-18)9-5-7-14-8-6-9/h1-4,9,14H,5-8H2. The van der Waals surface area contributed by atoms with Gasteiger partial charge in [0.05, 0.1) is 5.02 Å². The molecule has 0 unspecified atom stereocenters. The summed E-state index contributed by atoms with van der Waals surface area (Å²) in [7, 11) is 0. The molecule has 0 aliphatic carbocycles. The highest BCUT2D eigenvalue weighted by Crippen LogP contribution is 2.23. The zero-order valence-electron chi connectivity index (χ0n) is 9.88. The van der Waals surface area contributed by atoms with Gasteiger partial charge in [0.1, 0.15) is 5.69 Å². The lowest BCUT2D eigenvalue weighted by molar-refractivity contribution is 0.444. The van der Waals surface area contributed by atoms with E-state index in [2.05, 4.69) is 20.7 Å². The van der Waals surface area contributed by atoms with Gasteiger partial charge in [0.25, 0.3) is 0 Å². The van der Waals surface area contributed by atoms with Crippen molar-refractivity contribution in [2.24, 2.45) is 0 Å². The molecule has 5 nitrogen and oxygen atoms in total. The van der Waals surface area contributed by atoms with Crippen LogP contribution in [0, 0.1) is 0 Å². The number of benzene rings is 1. The van der Waals surface area contributed by atoms with Gasteiger partial charge >= 0.3 is 0 Å². The molecule has 1 fully saturated rings. The van der Waals surface area contributed by atoms with E-state index < -0.39 is 0 Å². The summed E-state index contributed by atoms with van der Waals surface area (Å²) in [5.74, 6) is 1.22. The van der Waals surface area contributed by atoms with E-state index >= 15 is 0 Å². The largest absolute Gasteiger partial charge is 0.317 e. The normalized spacial score (nSPS) is 16.9. The third-order valence-corrected chi connectivity index (χ3v) is 3.52. The van der Waals surface area contributed by atoms with Gasteiger partial charge in [-0.05, 0) is 43.3 Å². The lowest BCUT2D eigenvalue weighted by atomic mass is 9.98. The zero-order chi connectivity index (χ0) is 12.4. The molecule has 1 aromatic carbocycles. The van der Waals surface area contributed by atoms with Gasteiger partial charge in [-0.15, -0.1) is 15.0 Å². The quantitative estimate of drug-likeness (QED) is 0.897. The lowest BCUT2D eigenvalue weighted by Crippen LogP contribution is -2.27. The Morgan fingerprint density at radius 1 is 1.22 bits per heavy atom. The van der Waals surface area contributed by atoms with E-state index in [0.29, 0.717) is 10.9 Å². The Morgan fingerprint density at radius 3 is 2.78 bits per heavy atom. The van der Waals surface area contributed by atoms with Crippen LogP contribution in [0.25, 0.3) is 5.69 Å². The summed E-state index contributed by atoms with van der Waals surface area (Å²) in [6, 6.07) is 7.51. The van der Waals surface area contributed by atoms with Crippen LogP contribution in [0.15, 0.2) is 24.3 Å². The van der Waals surface area contributed by atoms with Crippen molar-refractivity contribution in [2.75, 3.05) is 13.1 Å². The molecule has 0 spiro atoms. The van der Waals surface area contributed by atoms with Crippen LogP contribution in [-0.2, 0) is 0 Å². The van der Waals surface area contributed by atoms with Gasteiger partial charge in [-0.3, -0.25) is 0 Å². The fourth-order valence-electron chi connectivity index (χ4n) is 2.18. The molecule has 2 aromatic rings. The predicted molar refractivity (Wildman–Crippen MR) is 69.0 cm³/mol. The molecule has 1 aliphatic heterocycles. The molecule has 94 valence electrons. The summed E-state index contributed by atoms with van der Waals surface area (Å²) in [5.41, 5.74) is 0.770. The number of hydrogen-bond donors (Lipinski definition) is 1. The second kappa shape index (κ2) is 5.04. The summed E-state index contributed by atoms with van der Waals surface area (Å²) in [6.07, 6.45) is 2.13. The number of nitrogens with zero attached hydrogens (tertiary/aromatic N) is 4. The lowest BCUT2D eigenvalue weighted by Gasteiger charge is -2.19. The van der Waals surface area contributed by atoms with Gasteiger partial charge in [0, 0.05) is 5.92 Å². The maximum atomic E-state index is 6.12. The van der Waals surface area contributed by atoms with E-state index in [4.69, 9.17) is 11.6 Å². The first-order chi connectivity index (χ1) is 8.84. The van der Waals surface area contributed by atoms with Gasteiger partial charge in [-0.1, -0.05) is 23.7 Å². The first-order valence-electron chi connectivity index (χ1n) is 6.10. The number of para-hydroxylation sites is 1. The van der Waals surface area contributed by atoms with Crippen LogP contribution in [0.2, 0.25) is 5.02 Å². The molecule has 0 saturated carbocycles. The van der Waals surface area contributed by atoms with E-state index in [1.807, 2.05) is 24.3 Å². The highest BCUT2D eigenvalue weighted by Gasteiger charge is 2.20. The predicted octanol–water partition coefficient (Wildman–Crippen LogP) is 1.78. The highest BCUT2D eigenvalue weighted by atomic mass is 35.5. The van der Waals surface area contributed by atoms with Crippen molar-refractivity contribution in [1.29, 1.82) is 0 Å². The number of tetrazole rings is 1. The molecular formula is C12H14ClN5. The van der Waals surface area contributed by atoms with E-state index in [1.54, 1.807) is 0 Å². The Labute approximate surface area is 110 Å². The van der Waals surface area contributed by atoms with Crippen LogP contribution in [0.1, 0.15) is 24.6 Å². The number of hydrogen-bond acceptors (Lipinski definition) is 4. The van der Waals surface area contributed by atoms with E-state index in [-0.39, 0.29) is 0 Å². The molecule has 6 heteroatoms. The molecule has 0 radical (unpaired) electrons. The Kier molecular flexibility index (Phi) is 3.25. The number of halogens is 1. The molecule has 1 aromatic heterocycles. The molecule has 1 N–H and O–H groups in total. The Morgan fingerprint density at radius 2 is 2.00 bits per heavy atom. The topological polar surface area (TPSA) is 55.6 Å². The first kappa shape index (κ1) is 11.6. The maximum absolute atomic E-state index is 6.12. The first-order valence-corrected chi connectivity index (χ1v) is 6.48. The minimum atomic E-state index is 0.405. The summed E-state index contributed by atoms with van der Waals surface area (Å²) >= 11 is 6.12. The molecule has 1 saturated heterocycles. The number of rotatable bonds is 2. The van der Waals surface area contributed by atoms with Gasteiger partial charge in [-0.25, -0.2) is 0 Å². The van der Waals surface area contributed by atoms with E-state index in [0.717, 1.165) is 37.4 Å². The van der Waals surface area contributed by atoms with Crippen molar-refractivity contribution in [3.63, 3.8) is 0 Å². The highest BCUT2D eigenvalue weighted by molar-refractivity contribution is 6.32. The van der Waals surface area contributed by atoms with Crippen LogP contribution >= 0.6 is 11.6 Å². The molecule has 0 amide bonds. The zero-order valence-corrected chi connectivity index (χ0v) is 10.6. The van der Waals surface area contributed by atoms with Gasteiger partial charge in [0.2, 0.25) is 0 Å². The Bertz CT molecular complexity index is 533. The van der Waals surface area contributed by atoms with Gasteiger partial charge in [-0.2, -0.15) is 0 Å². The second-order valence-electron chi connectivity index (χ2n) is 4.41. The van der Waals surface area contributed by atoms with Crippen molar-refractivity contribution in [3.8, 4) is 5.69 Å². The fourth-order valence-corrected chi connectivity index (χ4v) is 2.40. The molecule has 0 bridgehead atoms. The van der Waals surface area contributed by atoms with Crippen molar-refractivity contribution < 1.29 is 0 Å². The molecule has 18 heavy (non-hydrogen) atoms. The molecule has 2 heterocycles. The SMILES string of the molecule is Clc1ccccc1-n1nnc(C2CCNCC2)n1. The average molecular weight is 264 g/mol. The monoisotopic (exact) mass is 263 g/mol. The number of piperidine rings is 1. The third-order valence-electron chi connectivity index (χ3n) is 3.20. The smallest absolute Gasteiger partial charge is 0.178 e. The van der Waals surface area contributed by atoms with Crippen molar-refractivity contribution in [1.82, 2.24) is 25.5 Å². The summed E-state index contributed by atoms with van der Waals surface area (Å²) in [5, 5.41) is 16.7. The van der Waals surface area contributed by atoms with Crippen molar-refractivity contribution >= 4 is 11.6 Å². The van der Waals surface area contributed by atoms with E-state index in [1.165, 1.54) is 4.80 Å². The maximum Gasteiger partial charge on any atom is 0.178 e. The average Bonchev–Trinajstić information content (AvgIpc) is 2.90. The molecule has 3 rings (SSSR count).